The molecule has 1 N–H and O–H groups in total. The summed E-state index contributed by atoms with van der Waals surface area (Å²) in [6.45, 7) is 8.87. The molecule has 0 aromatic rings. The highest BCUT2D eigenvalue weighted by atomic mass is 16.6. The zero-order valence-corrected chi connectivity index (χ0v) is 11.8. The molecule has 0 fully saturated rings. The molecule has 102 valence electrons. The number of carbonyl (C=O) groups excluding carboxylic acids is 2. The van der Waals surface area contributed by atoms with Crippen LogP contribution >= 0.6 is 0 Å². The van der Waals surface area contributed by atoms with Crippen LogP contribution in [-0.4, -0.2) is 30.3 Å². The van der Waals surface area contributed by atoms with E-state index in [0.29, 0.717) is 17.6 Å². The van der Waals surface area contributed by atoms with Crippen LogP contribution in [0.1, 0.15) is 41.0 Å². The molecule has 0 bridgehead atoms. The van der Waals surface area contributed by atoms with Gasteiger partial charge in [-0.15, -0.1) is 0 Å². The SMILES string of the molecule is CCC1=C(C)C(=O)NC1(OC)C(=O)OC(C)(C)C. The number of methoxy groups -OCH3 is 1. The van der Waals surface area contributed by atoms with Gasteiger partial charge in [-0.1, -0.05) is 6.92 Å². The van der Waals surface area contributed by atoms with Crippen LogP contribution in [0.3, 0.4) is 0 Å². The van der Waals surface area contributed by atoms with Crippen LogP contribution in [0.15, 0.2) is 11.1 Å². The van der Waals surface area contributed by atoms with Gasteiger partial charge in [-0.25, -0.2) is 4.79 Å². The van der Waals surface area contributed by atoms with Crippen molar-refractivity contribution in [2.45, 2.75) is 52.4 Å². The van der Waals surface area contributed by atoms with Crippen LogP contribution in [0.5, 0.6) is 0 Å². The summed E-state index contributed by atoms with van der Waals surface area (Å²) in [5, 5.41) is 2.58. The molecule has 5 nitrogen and oxygen atoms in total. The number of amides is 1. The molecule has 0 saturated heterocycles. The molecule has 18 heavy (non-hydrogen) atoms. The second kappa shape index (κ2) is 4.72. The predicted molar refractivity (Wildman–Crippen MR) is 66.7 cm³/mol. The van der Waals surface area contributed by atoms with Crippen molar-refractivity contribution in [2.75, 3.05) is 7.11 Å². The summed E-state index contributed by atoms with van der Waals surface area (Å²) in [6, 6.07) is 0. The minimum atomic E-state index is -1.47. The number of carbonyl (C=O) groups is 2. The number of hydrogen-bond donors (Lipinski definition) is 1. The van der Waals surface area contributed by atoms with E-state index in [4.69, 9.17) is 9.47 Å². The Hall–Kier alpha value is -1.36. The summed E-state index contributed by atoms with van der Waals surface area (Å²) in [7, 11) is 1.39. The van der Waals surface area contributed by atoms with Crippen molar-refractivity contribution in [3.63, 3.8) is 0 Å². The number of hydrogen-bond acceptors (Lipinski definition) is 4. The Balaban J connectivity index is 3.16. The van der Waals surface area contributed by atoms with Crippen molar-refractivity contribution in [3.05, 3.63) is 11.1 Å². The highest BCUT2D eigenvalue weighted by Gasteiger charge is 2.51. The summed E-state index contributed by atoms with van der Waals surface area (Å²) in [4.78, 5) is 24.0. The molecule has 0 radical (unpaired) electrons. The van der Waals surface area contributed by atoms with Crippen LogP contribution in [0, 0.1) is 0 Å². The molecule has 0 aliphatic carbocycles. The molecule has 0 aromatic carbocycles. The zero-order valence-electron chi connectivity index (χ0n) is 11.8. The molecule has 1 rings (SSSR count). The highest BCUT2D eigenvalue weighted by molar-refractivity contribution is 6.04. The Morgan fingerprint density at radius 2 is 1.94 bits per heavy atom. The fourth-order valence-electron chi connectivity index (χ4n) is 2.03. The number of ether oxygens (including phenoxy) is 2. The number of nitrogens with one attached hydrogen (secondary N) is 1. The average molecular weight is 255 g/mol. The maximum absolute atomic E-state index is 12.3. The van der Waals surface area contributed by atoms with E-state index in [9.17, 15) is 9.59 Å². The van der Waals surface area contributed by atoms with Crippen LogP contribution < -0.4 is 5.32 Å². The van der Waals surface area contributed by atoms with E-state index in [1.807, 2.05) is 6.92 Å². The third kappa shape index (κ3) is 2.41. The van der Waals surface area contributed by atoms with E-state index >= 15 is 0 Å². The van der Waals surface area contributed by atoms with Crippen molar-refractivity contribution in [2.24, 2.45) is 0 Å². The molecule has 1 atom stereocenters. The first kappa shape index (κ1) is 14.7. The second-order valence-corrected chi connectivity index (χ2v) is 5.30. The van der Waals surface area contributed by atoms with Gasteiger partial charge in [-0.2, -0.15) is 0 Å². The van der Waals surface area contributed by atoms with Crippen LogP contribution in [0.25, 0.3) is 0 Å². The van der Waals surface area contributed by atoms with Gasteiger partial charge in [0, 0.05) is 18.3 Å². The normalized spacial score (nSPS) is 24.2. The molecule has 0 spiro atoms. The molecule has 0 saturated carbocycles. The average Bonchev–Trinajstić information content (AvgIpc) is 2.49. The molecular formula is C13H21NO4. The smallest absolute Gasteiger partial charge is 0.365 e. The molecule has 1 aliphatic heterocycles. The first-order chi connectivity index (χ1) is 8.18. The molecule has 1 unspecified atom stereocenters. The number of esters is 1. The van der Waals surface area contributed by atoms with Crippen molar-refractivity contribution in [1.82, 2.24) is 5.32 Å². The van der Waals surface area contributed by atoms with Gasteiger partial charge in [-0.3, -0.25) is 4.79 Å². The maximum Gasteiger partial charge on any atom is 0.365 e. The Morgan fingerprint density at radius 3 is 2.33 bits per heavy atom. The zero-order chi connectivity index (χ0) is 14.1. The first-order valence-electron chi connectivity index (χ1n) is 5.99. The standard InChI is InChI=1S/C13H21NO4/c1-7-9-8(2)10(15)14-13(9,17-6)11(16)18-12(3,4)5/h7H2,1-6H3,(H,14,15). The molecule has 5 heteroatoms. The van der Waals surface area contributed by atoms with Crippen LogP contribution in [-0.2, 0) is 19.1 Å². The predicted octanol–water partition coefficient (Wildman–Crippen LogP) is 1.53. The van der Waals surface area contributed by atoms with Gasteiger partial charge in [0.15, 0.2) is 0 Å². The summed E-state index contributed by atoms with van der Waals surface area (Å²) >= 11 is 0. The Morgan fingerprint density at radius 1 is 1.39 bits per heavy atom. The van der Waals surface area contributed by atoms with Crippen molar-refractivity contribution in [3.8, 4) is 0 Å². The fourth-order valence-corrected chi connectivity index (χ4v) is 2.03. The van der Waals surface area contributed by atoms with Gasteiger partial charge in [0.05, 0.1) is 0 Å². The molecule has 1 aliphatic rings. The van der Waals surface area contributed by atoms with E-state index in [0.717, 1.165) is 0 Å². The largest absolute Gasteiger partial charge is 0.456 e. The van der Waals surface area contributed by atoms with Crippen molar-refractivity contribution < 1.29 is 19.1 Å². The summed E-state index contributed by atoms with van der Waals surface area (Å²) in [5.41, 5.74) is -0.958. The van der Waals surface area contributed by atoms with E-state index < -0.39 is 17.3 Å². The lowest BCUT2D eigenvalue weighted by Gasteiger charge is -2.31. The van der Waals surface area contributed by atoms with Gasteiger partial charge in [0.1, 0.15) is 5.60 Å². The lowest BCUT2D eigenvalue weighted by Crippen LogP contribution is -2.55. The summed E-state index contributed by atoms with van der Waals surface area (Å²) < 4.78 is 10.6. The maximum atomic E-state index is 12.3. The Kier molecular flexibility index (Phi) is 3.86. The lowest BCUT2D eigenvalue weighted by atomic mass is 9.99. The monoisotopic (exact) mass is 255 g/mol. The summed E-state index contributed by atoms with van der Waals surface area (Å²) in [6.07, 6.45) is 0.539. The third-order valence-electron chi connectivity index (χ3n) is 2.85. The van der Waals surface area contributed by atoms with Gasteiger partial charge in [0.2, 0.25) is 5.91 Å². The Bertz CT molecular complexity index is 406. The topological polar surface area (TPSA) is 64.6 Å². The first-order valence-corrected chi connectivity index (χ1v) is 5.99. The van der Waals surface area contributed by atoms with Gasteiger partial charge in [-0.05, 0) is 34.1 Å². The molecule has 0 aromatic heterocycles. The third-order valence-corrected chi connectivity index (χ3v) is 2.85. The van der Waals surface area contributed by atoms with E-state index in [1.54, 1.807) is 27.7 Å². The summed E-state index contributed by atoms with van der Waals surface area (Å²) in [5.74, 6) is -0.876. The molecule has 1 amide bonds. The van der Waals surface area contributed by atoms with Gasteiger partial charge >= 0.3 is 5.97 Å². The quantitative estimate of drug-likeness (QED) is 0.777. The van der Waals surface area contributed by atoms with E-state index in [-0.39, 0.29) is 5.91 Å². The van der Waals surface area contributed by atoms with Crippen LogP contribution in [0.2, 0.25) is 0 Å². The minimum Gasteiger partial charge on any atom is -0.456 e. The minimum absolute atomic E-state index is 0.292. The van der Waals surface area contributed by atoms with Gasteiger partial charge < -0.3 is 14.8 Å². The second-order valence-electron chi connectivity index (χ2n) is 5.30. The lowest BCUT2D eigenvalue weighted by molar-refractivity contribution is -0.180. The fraction of sp³-hybridized carbons (Fsp3) is 0.692. The Labute approximate surface area is 108 Å². The van der Waals surface area contributed by atoms with Gasteiger partial charge in [0.25, 0.3) is 5.72 Å². The number of rotatable bonds is 3. The molecule has 1 heterocycles. The molecular weight excluding hydrogens is 234 g/mol. The van der Waals surface area contributed by atoms with Crippen LogP contribution in [0.4, 0.5) is 0 Å². The van der Waals surface area contributed by atoms with Crippen molar-refractivity contribution in [1.29, 1.82) is 0 Å². The van der Waals surface area contributed by atoms with E-state index in [1.165, 1.54) is 7.11 Å². The highest BCUT2D eigenvalue weighted by Crippen LogP contribution is 2.32. The van der Waals surface area contributed by atoms with E-state index in [2.05, 4.69) is 5.32 Å². The van der Waals surface area contributed by atoms with Crippen molar-refractivity contribution >= 4 is 11.9 Å².